The van der Waals surface area contributed by atoms with E-state index < -0.39 is 11.7 Å². The van der Waals surface area contributed by atoms with Crippen molar-refractivity contribution in [2.24, 2.45) is 0 Å². The van der Waals surface area contributed by atoms with Crippen molar-refractivity contribution in [1.82, 2.24) is 9.88 Å². The third-order valence-corrected chi connectivity index (χ3v) is 5.79. The molecule has 0 aliphatic carbocycles. The lowest BCUT2D eigenvalue weighted by Crippen LogP contribution is -2.30. The molecule has 0 N–H and O–H groups in total. The molecular formula is C26H25F3N2. The molecule has 160 valence electrons. The van der Waals surface area contributed by atoms with Gasteiger partial charge in [0.1, 0.15) is 0 Å². The number of aryl methyl sites for hydroxylation is 1. The zero-order valence-electron chi connectivity index (χ0n) is 17.5. The molecule has 0 radical (unpaired) electrons. The predicted molar refractivity (Wildman–Crippen MR) is 119 cm³/mol. The molecule has 2 nitrogen and oxygen atoms in total. The van der Waals surface area contributed by atoms with Gasteiger partial charge in [-0.2, -0.15) is 13.2 Å². The van der Waals surface area contributed by atoms with Gasteiger partial charge in [0.15, 0.2) is 0 Å². The molecule has 5 heteroatoms. The summed E-state index contributed by atoms with van der Waals surface area (Å²) >= 11 is 0. The summed E-state index contributed by atoms with van der Waals surface area (Å²) in [5, 5.41) is 0. The van der Waals surface area contributed by atoms with Gasteiger partial charge < -0.3 is 0 Å². The first-order valence-electron chi connectivity index (χ1n) is 10.5. The molecule has 3 aromatic rings. The molecule has 0 amide bonds. The first-order valence-corrected chi connectivity index (χ1v) is 10.5. The average Bonchev–Trinajstić information content (AvgIpc) is 2.78. The zero-order valence-corrected chi connectivity index (χ0v) is 17.5. The van der Waals surface area contributed by atoms with E-state index in [0.717, 1.165) is 54.9 Å². The van der Waals surface area contributed by atoms with Crippen LogP contribution in [0.1, 0.15) is 28.8 Å². The molecule has 1 aliphatic heterocycles. The van der Waals surface area contributed by atoms with Crippen molar-refractivity contribution in [2.75, 3.05) is 19.6 Å². The summed E-state index contributed by atoms with van der Waals surface area (Å²) in [5.74, 6) is 0. The summed E-state index contributed by atoms with van der Waals surface area (Å²) in [5.41, 5.74) is 6.00. The quantitative estimate of drug-likeness (QED) is 0.472. The van der Waals surface area contributed by atoms with Crippen molar-refractivity contribution < 1.29 is 13.2 Å². The van der Waals surface area contributed by atoms with E-state index in [1.165, 1.54) is 23.3 Å². The molecule has 0 saturated carbocycles. The molecular weight excluding hydrogens is 397 g/mol. The highest BCUT2D eigenvalue weighted by Gasteiger charge is 2.30. The standard InChI is InChI=1S/C26H25F3N2/c1-19-2-5-24(18-30-19)22-6-3-20(4-7-22)12-15-31-16-13-23(14-17-31)21-8-10-25(11-9-21)26(27,28)29/h2-11,13,18H,12,14-17H2,1H3. The Morgan fingerprint density at radius 1 is 0.871 bits per heavy atom. The van der Waals surface area contributed by atoms with Crippen LogP contribution in [0.3, 0.4) is 0 Å². The van der Waals surface area contributed by atoms with Gasteiger partial charge in [-0.25, -0.2) is 0 Å². The van der Waals surface area contributed by atoms with Gasteiger partial charge in [-0.05, 0) is 60.2 Å². The van der Waals surface area contributed by atoms with Crippen LogP contribution in [0.5, 0.6) is 0 Å². The van der Waals surface area contributed by atoms with Crippen molar-refractivity contribution >= 4 is 5.57 Å². The normalized spacial score (nSPS) is 15.0. The monoisotopic (exact) mass is 422 g/mol. The van der Waals surface area contributed by atoms with Crippen LogP contribution in [0.2, 0.25) is 0 Å². The summed E-state index contributed by atoms with van der Waals surface area (Å²) in [6.07, 6.45) is 1.57. The van der Waals surface area contributed by atoms with Crippen LogP contribution >= 0.6 is 0 Å². The van der Waals surface area contributed by atoms with Gasteiger partial charge in [-0.15, -0.1) is 0 Å². The Labute approximate surface area is 181 Å². The smallest absolute Gasteiger partial charge is 0.299 e. The van der Waals surface area contributed by atoms with E-state index in [-0.39, 0.29) is 0 Å². The fraction of sp³-hybridized carbons (Fsp3) is 0.269. The van der Waals surface area contributed by atoms with Crippen LogP contribution in [-0.4, -0.2) is 29.5 Å². The Bertz CT molecular complexity index is 1030. The molecule has 0 fully saturated rings. The van der Waals surface area contributed by atoms with E-state index >= 15 is 0 Å². The van der Waals surface area contributed by atoms with Crippen LogP contribution in [0, 0.1) is 6.92 Å². The SMILES string of the molecule is Cc1ccc(-c2ccc(CCN3CC=C(c4ccc(C(F)(F)F)cc4)CC3)cc2)cn1. The second-order valence-corrected chi connectivity index (χ2v) is 7.99. The summed E-state index contributed by atoms with van der Waals surface area (Å²) in [7, 11) is 0. The minimum absolute atomic E-state index is 0.598. The predicted octanol–water partition coefficient (Wildman–Crippen LogP) is 6.41. The van der Waals surface area contributed by atoms with Crippen molar-refractivity contribution in [3.05, 3.63) is 95.3 Å². The van der Waals surface area contributed by atoms with Crippen LogP contribution < -0.4 is 0 Å². The first-order chi connectivity index (χ1) is 14.9. The minimum Gasteiger partial charge on any atom is -0.299 e. The lowest BCUT2D eigenvalue weighted by atomic mass is 9.98. The van der Waals surface area contributed by atoms with E-state index in [4.69, 9.17) is 0 Å². The lowest BCUT2D eigenvalue weighted by Gasteiger charge is -2.26. The number of nitrogens with zero attached hydrogens (tertiary/aromatic N) is 2. The molecule has 4 rings (SSSR count). The van der Waals surface area contributed by atoms with Crippen molar-refractivity contribution in [2.45, 2.75) is 25.9 Å². The Kier molecular flexibility index (Phi) is 6.23. The third kappa shape index (κ3) is 5.42. The molecule has 2 aromatic carbocycles. The fourth-order valence-corrected chi connectivity index (χ4v) is 3.84. The van der Waals surface area contributed by atoms with Crippen molar-refractivity contribution in [3.8, 4) is 11.1 Å². The van der Waals surface area contributed by atoms with Gasteiger partial charge in [0.2, 0.25) is 0 Å². The highest BCUT2D eigenvalue weighted by molar-refractivity contribution is 5.67. The number of pyridine rings is 1. The van der Waals surface area contributed by atoms with E-state index in [0.29, 0.717) is 0 Å². The largest absolute Gasteiger partial charge is 0.416 e. The second kappa shape index (κ2) is 9.06. The maximum atomic E-state index is 12.7. The Morgan fingerprint density at radius 2 is 1.55 bits per heavy atom. The molecule has 1 aromatic heterocycles. The number of alkyl halides is 3. The van der Waals surface area contributed by atoms with Gasteiger partial charge in [-0.1, -0.05) is 48.5 Å². The molecule has 0 saturated heterocycles. The van der Waals surface area contributed by atoms with E-state index in [9.17, 15) is 13.2 Å². The summed E-state index contributed by atoms with van der Waals surface area (Å²) in [4.78, 5) is 6.74. The maximum absolute atomic E-state index is 12.7. The number of benzene rings is 2. The van der Waals surface area contributed by atoms with E-state index in [2.05, 4.69) is 46.3 Å². The summed E-state index contributed by atoms with van der Waals surface area (Å²) < 4.78 is 38.2. The molecule has 0 spiro atoms. The second-order valence-electron chi connectivity index (χ2n) is 7.99. The fourth-order valence-electron chi connectivity index (χ4n) is 3.84. The molecule has 0 unspecified atom stereocenters. The van der Waals surface area contributed by atoms with Crippen molar-refractivity contribution in [1.29, 1.82) is 0 Å². The molecule has 0 bridgehead atoms. The van der Waals surface area contributed by atoms with Gasteiger partial charge in [0.25, 0.3) is 0 Å². The van der Waals surface area contributed by atoms with E-state index in [1.807, 2.05) is 19.2 Å². The number of hydrogen-bond donors (Lipinski definition) is 0. The first kappa shape index (κ1) is 21.3. The van der Waals surface area contributed by atoms with E-state index in [1.54, 1.807) is 12.1 Å². The molecule has 1 aliphatic rings. The minimum atomic E-state index is -4.29. The van der Waals surface area contributed by atoms with Crippen LogP contribution in [0.25, 0.3) is 16.7 Å². The van der Waals surface area contributed by atoms with Crippen molar-refractivity contribution in [3.63, 3.8) is 0 Å². The molecule has 2 heterocycles. The highest BCUT2D eigenvalue weighted by Crippen LogP contribution is 2.31. The van der Waals surface area contributed by atoms with Gasteiger partial charge in [0.05, 0.1) is 5.56 Å². The van der Waals surface area contributed by atoms with Crippen LogP contribution in [0.4, 0.5) is 13.2 Å². The van der Waals surface area contributed by atoms with Gasteiger partial charge >= 0.3 is 6.18 Å². The summed E-state index contributed by atoms with van der Waals surface area (Å²) in [6.45, 7) is 4.68. The highest BCUT2D eigenvalue weighted by atomic mass is 19.4. The molecule has 0 atom stereocenters. The Balaban J connectivity index is 1.31. The lowest BCUT2D eigenvalue weighted by molar-refractivity contribution is -0.137. The number of halogens is 3. The topological polar surface area (TPSA) is 16.1 Å². The average molecular weight is 422 g/mol. The maximum Gasteiger partial charge on any atom is 0.416 e. The number of hydrogen-bond acceptors (Lipinski definition) is 2. The Hall–Kier alpha value is -2.92. The zero-order chi connectivity index (χ0) is 21.8. The number of rotatable bonds is 5. The summed E-state index contributed by atoms with van der Waals surface area (Å²) in [6, 6.07) is 18.2. The van der Waals surface area contributed by atoms with Gasteiger partial charge in [0, 0.05) is 37.1 Å². The Morgan fingerprint density at radius 3 is 2.13 bits per heavy atom. The molecule has 31 heavy (non-hydrogen) atoms. The number of aromatic nitrogens is 1. The van der Waals surface area contributed by atoms with Crippen LogP contribution in [0.15, 0.2) is 72.9 Å². The van der Waals surface area contributed by atoms with Crippen LogP contribution in [-0.2, 0) is 12.6 Å². The van der Waals surface area contributed by atoms with Gasteiger partial charge in [-0.3, -0.25) is 9.88 Å². The third-order valence-electron chi connectivity index (χ3n) is 5.79.